The van der Waals surface area contributed by atoms with Crippen LogP contribution in [0.15, 0.2) is 12.7 Å². The molecular weight excluding hydrogens is 178 g/mol. The number of methoxy groups -OCH3 is 1. The molecule has 0 saturated carbocycles. The molecule has 0 bridgehead atoms. The van der Waals surface area contributed by atoms with Crippen molar-refractivity contribution in [1.82, 2.24) is 5.32 Å². The second-order valence-electron chi connectivity index (χ2n) is 3.19. The van der Waals surface area contributed by atoms with Crippen LogP contribution in [0.2, 0.25) is 0 Å². The summed E-state index contributed by atoms with van der Waals surface area (Å²) in [5.41, 5.74) is 0. The summed E-state index contributed by atoms with van der Waals surface area (Å²) in [5, 5.41) is 3.38. The summed E-state index contributed by atoms with van der Waals surface area (Å²) in [6, 6.07) is 0.373. The Hall–Kier alpha value is -0.380. The molecule has 0 amide bonds. The SMILES string of the molecule is C=CC(CCOCCOC)NCCC. The molecule has 84 valence electrons. The maximum atomic E-state index is 5.37. The Bertz CT molecular complexity index is 128. The first-order chi connectivity index (χ1) is 6.85. The van der Waals surface area contributed by atoms with Crippen molar-refractivity contribution in [3.8, 4) is 0 Å². The van der Waals surface area contributed by atoms with Gasteiger partial charge in [0.25, 0.3) is 0 Å². The van der Waals surface area contributed by atoms with Gasteiger partial charge in [-0.05, 0) is 19.4 Å². The third-order valence-corrected chi connectivity index (χ3v) is 1.95. The standard InChI is InChI=1S/C11H23NO2/c1-4-7-12-11(5-2)6-8-14-10-9-13-3/h5,11-12H,2,4,6-10H2,1,3H3. The van der Waals surface area contributed by atoms with E-state index in [2.05, 4.69) is 18.8 Å². The second-order valence-corrected chi connectivity index (χ2v) is 3.19. The van der Waals surface area contributed by atoms with Crippen LogP contribution >= 0.6 is 0 Å². The van der Waals surface area contributed by atoms with E-state index in [0.29, 0.717) is 19.3 Å². The number of hydrogen-bond donors (Lipinski definition) is 1. The first kappa shape index (κ1) is 13.6. The maximum absolute atomic E-state index is 5.37. The molecule has 0 aromatic carbocycles. The molecule has 1 unspecified atom stereocenters. The Morgan fingerprint density at radius 2 is 2.14 bits per heavy atom. The molecule has 0 aliphatic heterocycles. The predicted molar refractivity (Wildman–Crippen MR) is 59.6 cm³/mol. The maximum Gasteiger partial charge on any atom is 0.0700 e. The number of rotatable bonds is 10. The van der Waals surface area contributed by atoms with Crippen molar-refractivity contribution in [3.05, 3.63) is 12.7 Å². The fourth-order valence-electron chi connectivity index (χ4n) is 1.09. The third kappa shape index (κ3) is 8.23. The molecule has 1 atom stereocenters. The molecule has 3 heteroatoms. The van der Waals surface area contributed by atoms with E-state index in [1.807, 2.05) is 6.08 Å². The van der Waals surface area contributed by atoms with E-state index < -0.39 is 0 Å². The summed E-state index contributed by atoms with van der Waals surface area (Å²) in [7, 11) is 1.68. The quantitative estimate of drug-likeness (QED) is 0.430. The van der Waals surface area contributed by atoms with E-state index in [4.69, 9.17) is 9.47 Å². The lowest BCUT2D eigenvalue weighted by Gasteiger charge is -2.13. The fourth-order valence-corrected chi connectivity index (χ4v) is 1.09. The Balaban J connectivity index is 3.28. The minimum atomic E-state index is 0.373. The first-order valence-corrected chi connectivity index (χ1v) is 5.27. The van der Waals surface area contributed by atoms with Crippen molar-refractivity contribution in [3.63, 3.8) is 0 Å². The molecule has 1 N–H and O–H groups in total. The van der Waals surface area contributed by atoms with Gasteiger partial charge in [0.15, 0.2) is 0 Å². The van der Waals surface area contributed by atoms with Crippen molar-refractivity contribution >= 4 is 0 Å². The Morgan fingerprint density at radius 3 is 2.71 bits per heavy atom. The molecule has 0 aromatic heterocycles. The summed E-state index contributed by atoms with van der Waals surface area (Å²) < 4.78 is 10.3. The van der Waals surface area contributed by atoms with Gasteiger partial charge in [-0.3, -0.25) is 0 Å². The van der Waals surface area contributed by atoms with Gasteiger partial charge in [0.1, 0.15) is 0 Å². The van der Waals surface area contributed by atoms with Crippen molar-refractivity contribution < 1.29 is 9.47 Å². The van der Waals surface area contributed by atoms with Gasteiger partial charge in [-0.2, -0.15) is 0 Å². The normalized spacial score (nSPS) is 12.7. The van der Waals surface area contributed by atoms with Crippen molar-refractivity contribution in [2.75, 3.05) is 33.5 Å². The van der Waals surface area contributed by atoms with Gasteiger partial charge < -0.3 is 14.8 Å². The number of hydrogen-bond acceptors (Lipinski definition) is 3. The molecule has 0 radical (unpaired) electrons. The second kappa shape index (κ2) is 10.7. The molecule has 0 rings (SSSR count). The highest BCUT2D eigenvalue weighted by molar-refractivity contribution is 4.84. The third-order valence-electron chi connectivity index (χ3n) is 1.95. The zero-order chi connectivity index (χ0) is 10.6. The fraction of sp³-hybridized carbons (Fsp3) is 0.818. The molecule has 0 spiro atoms. The minimum Gasteiger partial charge on any atom is -0.382 e. The molecule has 0 aromatic rings. The molecule has 3 nitrogen and oxygen atoms in total. The van der Waals surface area contributed by atoms with E-state index in [9.17, 15) is 0 Å². The smallest absolute Gasteiger partial charge is 0.0700 e. The van der Waals surface area contributed by atoms with Crippen LogP contribution in [0.1, 0.15) is 19.8 Å². The molecule has 0 fully saturated rings. The number of ether oxygens (including phenoxy) is 2. The van der Waals surface area contributed by atoms with Crippen LogP contribution in [0.5, 0.6) is 0 Å². The average molecular weight is 201 g/mol. The van der Waals surface area contributed by atoms with Crippen LogP contribution in [0, 0.1) is 0 Å². The topological polar surface area (TPSA) is 30.5 Å². The largest absolute Gasteiger partial charge is 0.382 e. The first-order valence-electron chi connectivity index (χ1n) is 5.27. The highest BCUT2D eigenvalue weighted by Gasteiger charge is 2.01. The lowest BCUT2D eigenvalue weighted by atomic mass is 10.2. The molecule has 14 heavy (non-hydrogen) atoms. The average Bonchev–Trinajstić information content (AvgIpc) is 2.22. The zero-order valence-corrected chi connectivity index (χ0v) is 9.42. The summed E-state index contributed by atoms with van der Waals surface area (Å²) in [6.45, 7) is 9.08. The van der Waals surface area contributed by atoms with Crippen molar-refractivity contribution in [1.29, 1.82) is 0 Å². The number of nitrogens with one attached hydrogen (secondary N) is 1. The van der Waals surface area contributed by atoms with Gasteiger partial charge in [-0.25, -0.2) is 0 Å². The highest BCUT2D eigenvalue weighted by atomic mass is 16.5. The summed E-state index contributed by atoms with van der Waals surface area (Å²) in [5.74, 6) is 0. The predicted octanol–water partition coefficient (Wildman–Crippen LogP) is 1.59. The Kier molecular flexibility index (Phi) is 10.4. The van der Waals surface area contributed by atoms with Crippen molar-refractivity contribution in [2.24, 2.45) is 0 Å². The van der Waals surface area contributed by atoms with Gasteiger partial charge in [0.05, 0.1) is 13.2 Å². The van der Waals surface area contributed by atoms with Crippen LogP contribution < -0.4 is 5.32 Å². The summed E-state index contributed by atoms with van der Waals surface area (Å²) in [4.78, 5) is 0. The van der Waals surface area contributed by atoms with Gasteiger partial charge in [-0.1, -0.05) is 13.0 Å². The lowest BCUT2D eigenvalue weighted by molar-refractivity contribution is 0.0674. The van der Waals surface area contributed by atoms with Gasteiger partial charge >= 0.3 is 0 Å². The van der Waals surface area contributed by atoms with E-state index in [1.165, 1.54) is 0 Å². The van der Waals surface area contributed by atoms with Crippen LogP contribution in [0.4, 0.5) is 0 Å². The Morgan fingerprint density at radius 1 is 1.36 bits per heavy atom. The zero-order valence-electron chi connectivity index (χ0n) is 9.42. The van der Waals surface area contributed by atoms with Gasteiger partial charge in [0.2, 0.25) is 0 Å². The Labute approximate surface area is 87.5 Å². The van der Waals surface area contributed by atoms with Crippen LogP contribution in [0.25, 0.3) is 0 Å². The van der Waals surface area contributed by atoms with E-state index in [-0.39, 0.29) is 0 Å². The molecule has 0 heterocycles. The van der Waals surface area contributed by atoms with Gasteiger partial charge in [0, 0.05) is 19.8 Å². The monoisotopic (exact) mass is 201 g/mol. The van der Waals surface area contributed by atoms with Crippen LogP contribution in [-0.2, 0) is 9.47 Å². The molecule has 0 aliphatic rings. The minimum absolute atomic E-state index is 0.373. The summed E-state index contributed by atoms with van der Waals surface area (Å²) in [6.07, 6.45) is 4.07. The molecule has 0 saturated heterocycles. The van der Waals surface area contributed by atoms with E-state index in [1.54, 1.807) is 7.11 Å². The van der Waals surface area contributed by atoms with Crippen LogP contribution in [0.3, 0.4) is 0 Å². The van der Waals surface area contributed by atoms with E-state index in [0.717, 1.165) is 26.0 Å². The highest BCUT2D eigenvalue weighted by Crippen LogP contribution is 1.94. The molecular formula is C11H23NO2. The van der Waals surface area contributed by atoms with Gasteiger partial charge in [-0.15, -0.1) is 6.58 Å². The van der Waals surface area contributed by atoms with Crippen LogP contribution in [-0.4, -0.2) is 39.5 Å². The van der Waals surface area contributed by atoms with E-state index >= 15 is 0 Å². The molecule has 0 aliphatic carbocycles. The lowest BCUT2D eigenvalue weighted by Crippen LogP contribution is -2.29. The summed E-state index contributed by atoms with van der Waals surface area (Å²) >= 11 is 0. The van der Waals surface area contributed by atoms with Crippen molar-refractivity contribution in [2.45, 2.75) is 25.8 Å².